The zero-order valence-electron chi connectivity index (χ0n) is 14.7. The number of hydrogen-bond donors (Lipinski definition) is 2. The molecule has 2 fully saturated rings. The van der Waals surface area contributed by atoms with Gasteiger partial charge in [0, 0.05) is 36.8 Å². The second-order valence-electron chi connectivity index (χ2n) is 8.02. The van der Waals surface area contributed by atoms with Crippen molar-refractivity contribution in [1.82, 2.24) is 15.3 Å². The van der Waals surface area contributed by atoms with Crippen molar-refractivity contribution in [3.8, 4) is 0 Å². The normalized spacial score (nSPS) is 30.0. The van der Waals surface area contributed by atoms with Crippen LogP contribution in [0.1, 0.15) is 47.2 Å². The van der Waals surface area contributed by atoms with Gasteiger partial charge >= 0.3 is 0 Å². The van der Waals surface area contributed by atoms with Crippen molar-refractivity contribution in [3.05, 3.63) is 34.6 Å². The van der Waals surface area contributed by atoms with Crippen molar-refractivity contribution < 1.29 is 14.4 Å². The molecule has 1 saturated heterocycles. The standard InChI is InChI=1S/C19H26FN3O2/c1-22-7-2-5-19(12-22)6-3-17(19)23-8-4-13-9-14(18(24)21-25)10-16(20)15(13)11-23/h9-10,17,25H,2-8,11-12H2,1H3,(H,21,24)/t17-,19+/m0/s1. The maximum atomic E-state index is 14.6. The lowest BCUT2D eigenvalue weighted by atomic mass is 9.59. The molecule has 1 amide bonds. The summed E-state index contributed by atoms with van der Waals surface area (Å²) in [5.41, 5.74) is 3.76. The molecular formula is C19H26FN3O2. The number of nitrogens with one attached hydrogen (secondary N) is 1. The van der Waals surface area contributed by atoms with Crippen LogP contribution < -0.4 is 5.48 Å². The molecular weight excluding hydrogens is 321 g/mol. The number of piperidine rings is 1. The molecule has 0 aromatic heterocycles. The van der Waals surface area contributed by atoms with Gasteiger partial charge in [-0.1, -0.05) is 0 Å². The van der Waals surface area contributed by atoms with E-state index in [-0.39, 0.29) is 11.4 Å². The van der Waals surface area contributed by atoms with E-state index in [1.54, 1.807) is 11.5 Å². The van der Waals surface area contributed by atoms with Gasteiger partial charge in [-0.2, -0.15) is 0 Å². The number of rotatable bonds is 2. The Morgan fingerprint density at radius 1 is 1.36 bits per heavy atom. The predicted octanol–water partition coefficient (Wildman–Crippen LogP) is 2.18. The van der Waals surface area contributed by atoms with E-state index in [0.717, 1.165) is 25.1 Å². The molecule has 6 heteroatoms. The molecule has 3 aliphatic rings. The van der Waals surface area contributed by atoms with E-state index in [1.165, 1.54) is 38.3 Å². The molecule has 25 heavy (non-hydrogen) atoms. The number of likely N-dealkylation sites (tertiary alicyclic amines) is 1. The monoisotopic (exact) mass is 347 g/mol. The molecule has 1 saturated carbocycles. The van der Waals surface area contributed by atoms with Gasteiger partial charge in [0.05, 0.1) is 0 Å². The molecule has 1 aliphatic carbocycles. The van der Waals surface area contributed by atoms with Crippen molar-refractivity contribution in [2.75, 3.05) is 26.7 Å². The van der Waals surface area contributed by atoms with Crippen LogP contribution in [0.2, 0.25) is 0 Å². The van der Waals surface area contributed by atoms with Gasteiger partial charge < -0.3 is 4.90 Å². The first-order valence-corrected chi connectivity index (χ1v) is 9.21. The summed E-state index contributed by atoms with van der Waals surface area (Å²) >= 11 is 0. The summed E-state index contributed by atoms with van der Waals surface area (Å²) in [6.07, 6.45) is 5.77. The highest BCUT2D eigenvalue weighted by Gasteiger charge is 2.51. The molecule has 0 unspecified atom stereocenters. The fourth-order valence-electron chi connectivity index (χ4n) is 5.23. The molecule has 2 N–H and O–H groups in total. The Balaban J connectivity index is 1.54. The third-order valence-corrected chi connectivity index (χ3v) is 6.54. The highest BCUT2D eigenvalue weighted by Crippen LogP contribution is 2.50. The van der Waals surface area contributed by atoms with Crippen LogP contribution in [0.5, 0.6) is 0 Å². The molecule has 4 rings (SSSR count). The summed E-state index contributed by atoms with van der Waals surface area (Å²) in [6, 6.07) is 3.49. The largest absolute Gasteiger partial charge is 0.306 e. The van der Waals surface area contributed by atoms with Crippen LogP contribution in [0.25, 0.3) is 0 Å². The lowest BCUT2D eigenvalue weighted by Crippen LogP contribution is -2.61. The molecule has 2 heterocycles. The van der Waals surface area contributed by atoms with E-state index in [1.807, 2.05) is 0 Å². The number of carbonyl (C=O) groups is 1. The molecule has 0 bridgehead atoms. The van der Waals surface area contributed by atoms with Crippen LogP contribution in [0.4, 0.5) is 4.39 Å². The van der Waals surface area contributed by atoms with Gasteiger partial charge in [0.15, 0.2) is 0 Å². The SMILES string of the molecule is CN1CCC[C@@]2(CC[C@@H]2N2CCc3cc(C(=O)NO)cc(F)c3C2)C1. The van der Waals surface area contributed by atoms with Crippen LogP contribution in [-0.2, 0) is 13.0 Å². The first-order valence-electron chi connectivity index (χ1n) is 9.21. The Morgan fingerprint density at radius 3 is 2.88 bits per heavy atom. The van der Waals surface area contributed by atoms with Crippen molar-refractivity contribution in [2.45, 2.75) is 44.7 Å². The zero-order chi connectivity index (χ0) is 17.6. The Bertz CT molecular complexity index is 695. The molecule has 2 aliphatic heterocycles. The van der Waals surface area contributed by atoms with Gasteiger partial charge in [0.1, 0.15) is 5.82 Å². The van der Waals surface area contributed by atoms with Crippen LogP contribution in [0.15, 0.2) is 12.1 Å². The second kappa shape index (κ2) is 6.34. The summed E-state index contributed by atoms with van der Waals surface area (Å²) in [6.45, 7) is 3.87. The van der Waals surface area contributed by atoms with E-state index >= 15 is 0 Å². The van der Waals surface area contributed by atoms with Gasteiger partial charge in [-0.05, 0) is 68.8 Å². The quantitative estimate of drug-likeness (QED) is 0.636. The third-order valence-electron chi connectivity index (χ3n) is 6.54. The van der Waals surface area contributed by atoms with Crippen LogP contribution in [0.3, 0.4) is 0 Å². The first-order chi connectivity index (χ1) is 12.0. The Labute approximate surface area is 147 Å². The number of hydroxylamine groups is 1. The number of halogens is 1. The van der Waals surface area contributed by atoms with Gasteiger partial charge in [0.25, 0.3) is 5.91 Å². The number of carbonyl (C=O) groups excluding carboxylic acids is 1. The average molecular weight is 347 g/mol. The van der Waals surface area contributed by atoms with Gasteiger partial charge in [-0.25, -0.2) is 9.87 Å². The van der Waals surface area contributed by atoms with Gasteiger partial charge in [-0.3, -0.25) is 14.9 Å². The number of hydrogen-bond acceptors (Lipinski definition) is 4. The minimum absolute atomic E-state index is 0.182. The lowest BCUT2D eigenvalue weighted by Gasteiger charge is -2.58. The maximum Gasteiger partial charge on any atom is 0.274 e. The van der Waals surface area contributed by atoms with Crippen molar-refractivity contribution >= 4 is 5.91 Å². The predicted molar refractivity (Wildman–Crippen MR) is 92.0 cm³/mol. The van der Waals surface area contributed by atoms with Crippen LogP contribution >= 0.6 is 0 Å². The van der Waals surface area contributed by atoms with Crippen molar-refractivity contribution in [1.29, 1.82) is 0 Å². The van der Waals surface area contributed by atoms with E-state index in [9.17, 15) is 9.18 Å². The fourth-order valence-corrected chi connectivity index (χ4v) is 5.23. The van der Waals surface area contributed by atoms with E-state index in [2.05, 4.69) is 16.8 Å². The van der Waals surface area contributed by atoms with Crippen LogP contribution in [-0.4, -0.2) is 53.6 Å². The van der Waals surface area contributed by atoms with E-state index in [0.29, 0.717) is 23.6 Å². The number of amides is 1. The highest BCUT2D eigenvalue weighted by atomic mass is 19.1. The summed E-state index contributed by atoms with van der Waals surface area (Å²) in [5.74, 6) is -0.998. The summed E-state index contributed by atoms with van der Waals surface area (Å²) in [4.78, 5) is 16.5. The van der Waals surface area contributed by atoms with Crippen molar-refractivity contribution in [2.24, 2.45) is 5.41 Å². The molecule has 5 nitrogen and oxygen atoms in total. The molecule has 2 atom stereocenters. The Hall–Kier alpha value is -1.50. The maximum absolute atomic E-state index is 14.6. The number of benzene rings is 1. The van der Waals surface area contributed by atoms with Crippen molar-refractivity contribution in [3.63, 3.8) is 0 Å². The second-order valence-corrected chi connectivity index (χ2v) is 8.02. The minimum Gasteiger partial charge on any atom is -0.306 e. The fraction of sp³-hybridized carbons (Fsp3) is 0.632. The van der Waals surface area contributed by atoms with Gasteiger partial charge in [-0.15, -0.1) is 0 Å². The molecule has 136 valence electrons. The molecule has 0 radical (unpaired) electrons. The van der Waals surface area contributed by atoms with E-state index < -0.39 is 5.91 Å². The van der Waals surface area contributed by atoms with E-state index in [4.69, 9.17) is 5.21 Å². The summed E-state index contributed by atoms with van der Waals surface area (Å²) < 4.78 is 14.6. The lowest BCUT2D eigenvalue weighted by molar-refractivity contribution is -0.0753. The molecule has 1 spiro atoms. The number of nitrogens with zero attached hydrogens (tertiary/aromatic N) is 2. The first kappa shape index (κ1) is 16.9. The highest BCUT2D eigenvalue weighted by molar-refractivity contribution is 5.93. The average Bonchev–Trinajstić information content (AvgIpc) is 2.60. The minimum atomic E-state index is -0.660. The smallest absolute Gasteiger partial charge is 0.274 e. The molecule has 1 aromatic rings. The summed E-state index contributed by atoms with van der Waals surface area (Å²) in [5, 5.41) is 8.77. The van der Waals surface area contributed by atoms with Crippen LogP contribution in [0, 0.1) is 11.2 Å². The summed E-state index contributed by atoms with van der Waals surface area (Å²) in [7, 11) is 2.20. The third kappa shape index (κ3) is 2.86. The topological polar surface area (TPSA) is 55.8 Å². The van der Waals surface area contributed by atoms with Gasteiger partial charge in [0.2, 0.25) is 0 Å². The molecule has 1 aromatic carbocycles. The number of fused-ring (bicyclic) bond motifs is 1. The zero-order valence-corrected chi connectivity index (χ0v) is 14.7. The Morgan fingerprint density at radius 2 is 2.20 bits per heavy atom. The Kier molecular flexibility index (Phi) is 4.30.